The van der Waals surface area contributed by atoms with Crippen molar-refractivity contribution in [1.82, 2.24) is 9.27 Å². The van der Waals surface area contributed by atoms with E-state index in [-0.39, 0.29) is 17.0 Å². The molecule has 4 fully saturated rings. The van der Waals surface area contributed by atoms with Crippen LogP contribution in [0.2, 0.25) is 0 Å². The first-order chi connectivity index (χ1) is 12.8. The van der Waals surface area contributed by atoms with E-state index in [9.17, 15) is 9.59 Å². The summed E-state index contributed by atoms with van der Waals surface area (Å²) >= 11 is 1.46. The van der Waals surface area contributed by atoms with Gasteiger partial charge in [0.15, 0.2) is 0 Å². The van der Waals surface area contributed by atoms with E-state index in [0.29, 0.717) is 23.8 Å². The van der Waals surface area contributed by atoms with E-state index < -0.39 is 0 Å². The number of carbonyl (C=O) groups is 1. The summed E-state index contributed by atoms with van der Waals surface area (Å²) in [6, 6.07) is 7.67. The first-order valence-electron chi connectivity index (χ1n) is 10.2. The molecule has 4 bridgehead atoms. The topological polar surface area (TPSA) is 51.1 Å². The largest absolute Gasteiger partial charge is 0.351 e. The van der Waals surface area contributed by atoms with Crippen LogP contribution in [0.25, 0.3) is 10.1 Å². The van der Waals surface area contributed by atoms with Crippen LogP contribution in [-0.2, 0) is 11.3 Å². The van der Waals surface area contributed by atoms with Gasteiger partial charge in [0, 0.05) is 18.5 Å². The zero-order valence-corrected chi connectivity index (χ0v) is 17.0. The molecule has 6 rings (SSSR count). The van der Waals surface area contributed by atoms with Crippen molar-refractivity contribution in [2.24, 2.45) is 16.7 Å². The number of nitrogens with zero attached hydrogens (tertiary/aromatic N) is 1. The first kappa shape index (κ1) is 17.5. The fourth-order valence-electron chi connectivity index (χ4n) is 7.31. The molecule has 1 aromatic carbocycles. The van der Waals surface area contributed by atoms with Crippen molar-refractivity contribution >= 4 is 27.5 Å². The molecule has 4 aliphatic rings. The van der Waals surface area contributed by atoms with Gasteiger partial charge >= 0.3 is 0 Å². The Morgan fingerprint density at radius 3 is 2.52 bits per heavy atom. The second kappa shape index (κ2) is 5.69. The van der Waals surface area contributed by atoms with Gasteiger partial charge in [-0.15, -0.1) is 0 Å². The Balaban J connectivity index is 1.30. The van der Waals surface area contributed by atoms with Gasteiger partial charge in [-0.25, -0.2) is 0 Å². The monoisotopic (exact) mass is 384 g/mol. The second-order valence-electron chi connectivity index (χ2n) is 10.2. The van der Waals surface area contributed by atoms with Crippen LogP contribution in [0, 0.1) is 16.7 Å². The fourth-order valence-corrected chi connectivity index (χ4v) is 8.31. The van der Waals surface area contributed by atoms with Crippen LogP contribution in [0.15, 0.2) is 29.1 Å². The van der Waals surface area contributed by atoms with Gasteiger partial charge in [-0.1, -0.05) is 37.5 Å². The molecule has 0 spiro atoms. The molecule has 2 aromatic rings. The van der Waals surface area contributed by atoms with Crippen LogP contribution < -0.4 is 10.9 Å². The van der Waals surface area contributed by atoms with Crippen molar-refractivity contribution in [3.63, 3.8) is 0 Å². The highest BCUT2D eigenvalue weighted by atomic mass is 32.1. The number of aryl methyl sites for hydroxylation is 1. The van der Waals surface area contributed by atoms with Crippen molar-refractivity contribution in [3.05, 3.63) is 34.6 Å². The summed E-state index contributed by atoms with van der Waals surface area (Å²) in [5.41, 5.74) is 0.803. The van der Waals surface area contributed by atoms with Gasteiger partial charge in [-0.05, 0) is 67.4 Å². The molecule has 4 aliphatic carbocycles. The van der Waals surface area contributed by atoms with Crippen molar-refractivity contribution in [2.75, 3.05) is 0 Å². The minimum atomic E-state index is -0.00881. The average Bonchev–Trinajstić information content (AvgIpc) is 2.86. The fraction of sp³-hybridized carbons (Fsp3) is 0.636. The minimum absolute atomic E-state index is 0.00881. The van der Waals surface area contributed by atoms with Gasteiger partial charge in [0.05, 0.1) is 10.1 Å². The van der Waals surface area contributed by atoms with Crippen LogP contribution in [0.1, 0.15) is 58.8 Å². The zero-order valence-electron chi connectivity index (χ0n) is 16.2. The van der Waals surface area contributed by atoms with E-state index in [0.717, 1.165) is 35.3 Å². The summed E-state index contributed by atoms with van der Waals surface area (Å²) in [6.07, 6.45) is 7.75. The molecule has 27 heavy (non-hydrogen) atoms. The van der Waals surface area contributed by atoms with Crippen LogP contribution in [0.3, 0.4) is 0 Å². The Morgan fingerprint density at radius 1 is 1.15 bits per heavy atom. The lowest BCUT2D eigenvalue weighted by atomic mass is 9.43. The third kappa shape index (κ3) is 2.95. The number of carbonyl (C=O) groups excluding carboxylic acids is 1. The number of amides is 1. The summed E-state index contributed by atoms with van der Waals surface area (Å²) in [5.74, 6) is 0.871. The normalized spacial score (nSPS) is 37.0. The number of rotatable bonds is 4. The Kier molecular flexibility index (Phi) is 3.69. The third-order valence-corrected chi connectivity index (χ3v) is 8.25. The molecule has 0 aliphatic heterocycles. The van der Waals surface area contributed by atoms with Crippen LogP contribution in [0.5, 0.6) is 0 Å². The molecule has 4 nitrogen and oxygen atoms in total. The lowest BCUT2D eigenvalue weighted by molar-refractivity contribution is -0.139. The molecule has 1 amide bonds. The summed E-state index contributed by atoms with van der Waals surface area (Å²) in [7, 11) is 0. The number of hydrogen-bond acceptors (Lipinski definition) is 3. The summed E-state index contributed by atoms with van der Waals surface area (Å²) < 4.78 is 2.72. The molecule has 5 heteroatoms. The molecule has 0 saturated heterocycles. The van der Waals surface area contributed by atoms with E-state index in [2.05, 4.69) is 19.2 Å². The Hall–Kier alpha value is -1.62. The van der Waals surface area contributed by atoms with E-state index >= 15 is 0 Å². The maximum atomic E-state index is 12.8. The van der Waals surface area contributed by atoms with Crippen LogP contribution >= 0.6 is 11.5 Å². The first-order valence-corrected chi connectivity index (χ1v) is 10.9. The van der Waals surface area contributed by atoms with Crippen LogP contribution in [-0.4, -0.2) is 15.4 Å². The number of aromatic nitrogens is 1. The van der Waals surface area contributed by atoms with Gasteiger partial charge in [0.1, 0.15) is 0 Å². The molecule has 1 N–H and O–H groups in total. The van der Waals surface area contributed by atoms with E-state index in [1.807, 2.05) is 24.3 Å². The zero-order chi connectivity index (χ0) is 18.9. The van der Waals surface area contributed by atoms with Gasteiger partial charge in [-0.2, -0.15) is 0 Å². The second-order valence-corrected chi connectivity index (χ2v) is 11.3. The predicted molar refractivity (Wildman–Crippen MR) is 109 cm³/mol. The summed E-state index contributed by atoms with van der Waals surface area (Å²) in [4.78, 5) is 25.3. The van der Waals surface area contributed by atoms with Gasteiger partial charge in [-0.3, -0.25) is 13.5 Å². The van der Waals surface area contributed by atoms with Crippen molar-refractivity contribution in [1.29, 1.82) is 0 Å². The van der Waals surface area contributed by atoms with Gasteiger partial charge in [0.2, 0.25) is 5.91 Å². The summed E-state index contributed by atoms with van der Waals surface area (Å²) in [5, 5.41) is 4.20. The van der Waals surface area contributed by atoms with Crippen molar-refractivity contribution in [3.8, 4) is 0 Å². The van der Waals surface area contributed by atoms with Crippen molar-refractivity contribution in [2.45, 2.75) is 70.9 Å². The molecule has 0 radical (unpaired) electrons. The molecule has 1 heterocycles. The Labute approximate surface area is 164 Å². The van der Waals surface area contributed by atoms with E-state index in [4.69, 9.17) is 0 Å². The third-order valence-electron chi connectivity index (χ3n) is 7.13. The number of hydrogen-bond donors (Lipinski definition) is 1. The lowest BCUT2D eigenvalue weighted by Crippen LogP contribution is -2.65. The van der Waals surface area contributed by atoms with E-state index in [1.54, 1.807) is 3.96 Å². The van der Waals surface area contributed by atoms with Crippen LogP contribution in [0.4, 0.5) is 0 Å². The Morgan fingerprint density at radius 2 is 1.85 bits per heavy atom. The highest BCUT2D eigenvalue weighted by Gasteiger charge is 2.60. The smallest absolute Gasteiger partial charge is 0.268 e. The van der Waals surface area contributed by atoms with Gasteiger partial charge in [0.25, 0.3) is 5.56 Å². The molecule has 2 unspecified atom stereocenters. The summed E-state index contributed by atoms with van der Waals surface area (Å²) in [6.45, 7) is 5.32. The minimum Gasteiger partial charge on any atom is -0.351 e. The van der Waals surface area contributed by atoms with E-state index in [1.165, 1.54) is 30.8 Å². The number of nitrogens with one attached hydrogen (secondary N) is 1. The maximum Gasteiger partial charge on any atom is 0.268 e. The van der Waals surface area contributed by atoms with Gasteiger partial charge < -0.3 is 5.32 Å². The maximum absolute atomic E-state index is 12.8. The molecular weight excluding hydrogens is 356 g/mol. The molecule has 2 atom stereocenters. The standard InChI is InChI=1S/C22H28N2O2S/c1-20-9-15-10-21(2,12-20)14-22(11-15,13-20)23-18(25)7-8-24-19(26)16-5-3-4-6-17(16)27-24/h3-6,15H,7-14H2,1-2H3,(H,23,25). The Bertz CT molecular complexity index is 956. The number of fused-ring (bicyclic) bond motifs is 1. The lowest BCUT2D eigenvalue weighted by Gasteiger charge is -2.65. The van der Waals surface area contributed by atoms with Crippen molar-refractivity contribution < 1.29 is 4.79 Å². The number of benzene rings is 1. The quantitative estimate of drug-likeness (QED) is 0.853. The highest BCUT2D eigenvalue weighted by molar-refractivity contribution is 7.13. The SMILES string of the molecule is CC12CC3CC(C)(C1)CC(NC(=O)CCn1sc4ccccc4c1=O)(C3)C2. The highest BCUT2D eigenvalue weighted by Crippen LogP contribution is 2.66. The average molecular weight is 385 g/mol. The molecule has 144 valence electrons. The molecular formula is C22H28N2O2S. The molecule has 4 saturated carbocycles. The predicted octanol–water partition coefficient (Wildman–Crippen LogP) is 4.32. The molecule has 1 aromatic heterocycles.